The first-order valence-corrected chi connectivity index (χ1v) is 8.59. The minimum Gasteiger partial charge on any atom is -0.508 e. The van der Waals surface area contributed by atoms with Crippen LogP contribution in [0.25, 0.3) is 0 Å². The molecule has 0 aromatic heterocycles. The van der Waals surface area contributed by atoms with Crippen LogP contribution >= 0.6 is 11.9 Å². The Morgan fingerprint density at radius 2 is 1.62 bits per heavy atom. The first kappa shape index (κ1) is 15.1. The van der Waals surface area contributed by atoms with Crippen molar-refractivity contribution in [3.63, 3.8) is 0 Å². The van der Waals surface area contributed by atoms with Crippen molar-refractivity contribution in [3.05, 3.63) is 89.5 Å². The lowest BCUT2D eigenvalue weighted by molar-refractivity contribution is 0.430. The van der Waals surface area contributed by atoms with Crippen molar-refractivity contribution in [1.29, 1.82) is 0 Å². The van der Waals surface area contributed by atoms with Crippen LogP contribution in [0, 0.1) is 0 Å². The molecule has 24 heavy (non-hydrogen) atoms. The van der Waals surface area contributed by atoms with E-state index in [1.54, 1.807) is 12.1 Å². The van der Waals surface area contributed by atoms with Gasteiger partial charge < -0.3 is 10.2 Å². The van der Waals surface area contributed by atoms with Gasteiger partial charge in [0.05, 0.1) is 10.9 Å². The molecule has 4 rings (SSSR count). The molecule has 2 N–H and O–H groups in total. The average Bonchev–Trinajstić information content (AvgIpc) is 2.96. The molecule has 120 valence electrons. The molecule has 0 saturated heterocycles. The molecule has 1 unspecified atom stereocenters. The quantitative estimate of drug-likeness (QED) is 0.680. The summed E-state index contributed by atoms with van der Waals surface area (Å²) in [6, 6.07) is 23.7. The van der Waals surface area contributed by atoms with Crippen molar-refractivity contribution in [2.24, 2.45) is 0 Å². The average molecular weight is 335 g/mol. The number of phenols is 2. The molecule has 0 saturated carbocycles. The molecule has 3 aromatic rings. The zero-order valence-electron chi connectivity index (χ0n) is 13.0. The molecule has 1 aliphatic rings. The smallest absolute Gasteiger partial charge is 0.134 e. The Bertz CT molecular complexity index is 867. The fourth-order valence-electron chi connectivity index (χ4n) is 3.13. The Balaban J connectivity index is 1.72. The van der Waals surface area contributed by atoms with Gasteiger partial charge in [-0.15, -0.1) is 0 Å². The van der Waals surface area contributed by atoms with Crippen LogP contribution in [0.2, 0.25) is 0 Å². The van der Waals surface area contributed by atoms with E-state index in [4.69, 9.17) is 0 Å². The van der Waals surface area contributed by atoms with Crippen LogP contribution in [-0.2, 0) is 6.54 Å². The Hall–Kier alpha value is -2.43. The molecule has 0 spiro atoms. The number of phenolic OH excluding ortho intramolecular Hbond substituents is 2. The lowest BCUT2D eigenvalue weighted by atomic mass is 9.99. The fourth-order valence-corrected chi connectivity index (χ4v) is 4.21. The summed E-state index contributed by atoms with van der Waals surface area (Å²) in [5, 5.41) is 19.6. The predicted molar refractivity (Wildman–Crippen MR) is 95.9 cm³/mol. The molecule has 0 amide bonds. The van der Waals surface area contributed by atoms with Crippen LogP contribution in [0.5, 0.6) is 11.5 Å². The van der Waals surface area contributed by atoms with Gasteiger partial charge in [-0.1, -0.05) is 54.6 Å². The second kappa shape index (κ2) is 6.23. The third-order valence-corrected chi connectivity index (χ3v) is 5.35. The molecule has 4 heteroatoms. The molecule has 3 nitrogen and oxygen atoms in total. The molecule has 1 aliphatic heterocycles. The maximum atomic E-state index is 10.1. The standard InChI is InChI=1S/C20H17NO2S/c22-16-10-11-19(18(23)12-16)24-21-13-15-8-4-5-9-17(15)20(21)14-6-2-1-3-7-14/h1-12,20,22-23H,13H2. The topological polar surface area (TPSA) is 43.7 Å². The van der Waals surface area contributed by atoms with Crippen LogP contribution in [0.4, 0.5) is 0 Å². The van der Waals surface area contributed by atoms with Crippen molar-refractivity contribution < 1.29 is 10.2 Å². The van der Waals surface area contributed by atoms with Crippen molar-refractivity contribution in [3.8, 4) is 11.5 Å². The van der Waals surface area contributed by atoms with E-state index in [0.717, 1.165) is 11.4 Å². The van der Waals surface area contributed by atoms with E-state index in [-0.39, 0.29) is 17.5 Å². The monoisotopic (exact) mass is 335 g/mol. The van der Waals surface area contributed by atoms with E-state index in [2.05, 4.69) is 52.8 Å². The van der Waals surface area contributed by atoms with Gasteiger partial charge in [-0.05, 0) is 40.8 Å². The summed E-state index contributed by atoms with van der Waals surface area (Å²) in [7, 11) is 0. The number of hydrogen-bond donors (Lipinski definition) is 2. The van der Waals surface area contributed by atoms with Crippen LogP contribution < -0.4 is 0 Å². The SMILES string of the molecule is Oc1ccc(SN2Cc3ccccc3C2c2ccccc2)c(O)c1. The van der Waals surface area contributed by atoms with Crippen molar-refractivity contribution >= 4 is 11.9 Å². The lowest BCUT2D eigenvalue weighted by Gasteiger charge is -2.24. The van der Waals surface area contributed by atoms with E-state index >= 15 is 0 Å². The van der Waals surface area contributed by atoms with E-state index < -0.39 is 0 Å². The lowest BCUT2D eigenvalue weighted by Crippen LogP contribution is -2.15. The van der Waals surface area contributed by atoms with Gasteiger partial charge in [-0.3, -0.25) is 0 Å². The Labute approximate surface area is 145 Å². The Morgan fingerprint density at radius 1 is 0.875 bits per heavy atom. The number of aromatic hydroxyl groups is 2. The van der Waals surface area contributed by atoms with Gasteiger partial charge in [-0.2, -0.15) is 0 Å². The van der Waals surface area contributed by atoms with Gasteiger partial charge in [0.1, 0.15) is 11.5 Å². The van der Waals surface area contributed by atoms with Crippen LogP contribution in [0.1, 0.15) is 22.7 Å². The van der Waals surface area contributed by atoms with E-state index in [9.17, 15) is 10.2 Å². The summed E-state index contributed by atoms with van der Waals surface area (Å²) >= 11 is 1.52. The van der Waals surface area contributed by atoms with E-state index in [1.165, 1.54) is 34.7 Å². The fraction of sp³-hybridized carbons (Fsp3) is 0.100. The number of benzene rings is 3. The van der Waals surface area contributed by atoms with Gasteiger partial charge in [-0.25, -0.2) is 4.31 Å². The first-order valence-electron chi connectivity index (χ1n) is 7.82. The maximum absolute atomic E-state index is 10.1. The normalized spacial score (nSPS) is 16.9. The Kier molecular flexibility index (Phi) is 3.92. The summed E-state index contributed by atoms with van der Waals surface area (Å²) in [6.45, 7) is 0.806. The van der Waals surface area contributed by atoms with Crippen molar-refractivity contribution in [1.82, 2.24) is 4.31 Å². The number of rotatable bonds is 3. The molecule has 0 radical (unpaired) electrons. The summed E-state index contributed by atoms with van der Waals surface area (Å²) in [5.74, 6) is 0.170. The summed E-state index contributed by atoms with van der Waals surface area (Å²) < 4.78 is 2.27. The number of nitrogens with zero attached hydrogens (tertiary/aromatic N) is 1. The molecule has 1 atom stereocenters. The highest BCUT2D eigenvalue weighted by atomic mass is 32.2. The molecule has 0 fully saturated rings. The highest BCUT2D eigenvalue weighted by Gasteiger charge is 2.32. The van der Waals surface area contributed by atoms with Gasteiger partial charge in [0.2, 0.25) is 0 Å². The largest absolute Gasteiger partial charge is 0.508 e. The third kappa shape index (κ3) is 2.75. The minimum absolute atomic E-state index is 0.0705. The molecular formula is C20H17NO2S. The van der Waals surface area contributed by atoms with Crippen molar-refractivity contribution in [2.75, 3.05) is 0 Å². The highest BCUT2D eigenvalue weighted by molar-refractivity contribution is 7.97. The maximum Gasteiger partial charge on any atom is 0.134 e. The molecule has 0 aliphatic carbocycles. The zero-order valence-corrected chi connectivity index (χ0v) is 13.8. The van der Waals surface area contributed by atoms with Crippen LogP contribution in [0.3, 0.4) is 0 Å². The zero-order chi connectivity index (χ0) is 16.5. The minimum atomic E-state index is 0.0705. The molecule has 3 aromatic carbocycles. The Morgan fingerprint density at radius 3 is 2.42 bits per heavy atom. The van der Waals surface area contributed by atoms with Gasteiger partial charge in [0.25, 0.3) is 0 Å². The van der Waals surface area contributed by atoms with Gasteiger partial charge >= 0.3 is 0 Å². The van der Waals surface area contributed by atoms with Crippen LogP contribution in [-0.4, -0.2) is 14.5 Å². The summed E-state index contributed by atoms with van der Waals surface area (Å²) in [5.41, 5.74) is 3.83. The van der Waals surface area contributed by atoms with E-state index in [0.29, 0.717) is 0 Å². The van der Waals surface area contributed by atoms with Crippen molar-refractivity contribution in [2.45, 2.75) is 17.5 Å². The summed E-state index contributed by atoms with van der Waals surface area (Å²) in [6.07, 6.45) is 0. The predicted octanol–water partition coefficient (Wildman–Crippen LogP) is 4.71. The summed E-state index contributed by atoms with van der Waals surface area (Å²) in [4.78, 5) is 0.738. The first-order chi connectivity index (χ1) is 11.7. The molecule has 0 bridgehead atoms. The molecule has 1 heterocycles. The second-order valence-corrected chi connectivity index (χ2v) is 6.92. The van der Waals surface area contributed by atoms with E-state index in [1.807, 2.05) is 6.07 Å². The third-order valence-electron chi connectivity index (χ3n) is 4.24. The van der Waals surface area contributed by atoms with Crippen LogP contribution in [0.15, 0.2) is 77.7 Å². The van der Waals surface area contributed by atoms with Gasteiger partial charge in [0.15, 0.2) is 0 Å². The second-order valence-electron chi connectivity index (χ2n) is 5.83. The number of fused-ring (bicyclic) bond motifs is 1. The van der Waals surface area contributed by atoms with Gasteiger partial charge in [0, 0.05) is 12.6 Å². The highest BCUT2D eigenvalue weighted by Crippen LogP contribution is 2.46. The molecular weight excluding hydrogens is 318 g/mol. The number of hydrogen-bond acceptors (Lipinski definition) is 4.